The van der Waals surface area contributed by atoms with Gasteiger partial charge in [-0.2, -0.15) is 0 Å². The van der Waals surface area contributed by atoms with Crippen molar-refractivity contribution in [2.24, 2.45) is 0 Å². The normalized spacial score (nSPS) is 13.7. The molecule has 0 saturated carbocycles. The van der Waals surface area contributed by atoms with Gasteiger partial charge in [-0.15, -0.1) is 0 Å². The van der Waals surface area contributed by atoms with Crippen LogP contribution in [0.15, 0.2) is 0 Å². The van der Waals surface area contributed by atoms with Gasteiger partial charge < -0.3 is 30.0 Å². The van der Waals surface area contributed by atoms with Crippen LogP contribution in [0.5, 0.6) is 0 Å². The molecule has 7 nitrogen and oxygen atoms in total. The number of hydrogen-bond donors (Lipinski definition) is 6. The predicted molar refractivity (Wildman–Crippen MR) is 108 cm³/mol. The third-order valence-electron chi connectivity index (χ3n) is 2.93. The molecular weight excluding hydrogens is 359 g/mol. The Hall–Kier alpha value is -0.0100. The van der Waals surface area contributed by atoms with Crippen molar-refractivity contribution in [1.82, 2.24) is 0 Å². The molecule has 3 unspecified atom stereocenters. The molecule has 0 rings (SSSR count). The van der Waals surface area contributed by atoms with E-state index in [2.05, 4.69) is 20.8 Å². The topological polar surface area (TPSA) is 138 Å². The first kappa shape index (κ1) is 33.6. The van der Waals surface area contributed by atoms with Gasteiger partial charge in [0.05, 0.1) is 18.3 Å². The highest BCUT2D eigenvalue weighted by atomic mass is 31.2. The zero-order valence-corrected chi connectivity index (χ0v) is 18.5. The molecule has 164 valence electrons. The van der Waals surface area contributed by atoms with E-state index in [1.54, 1.807) is 0 Å². The molecule has 0 spiro atoms. The SMILES string of the molecule is CCCCC(C)O.CCCCC(C)O.CCCCC(C)O.O=P(O)(O)O. The van der Waals surface area contributed by atoms with Gasteiger partial charge in [-0.25, -0.2) is 4.57 Å². The number of aliphatic hydroxyl groups excluding tert-OH is 3. The van der Waals surface area contributed by atoms with Crippen LogP contribution in [-0.2, 0) is 4.57 Å². The van der Waals surface area contributed by atoms with E-state index >= 15 is 0 Å². The summed E-state index contributed by atoms with van der Waals surface area (Å²) in [6.45, 7) is 11.9. The van der Waals surface area contributed by atoms with Crippen molar-refractivity contribution in [3.05, 3.63) is 0 Å². The third-order valence-corrected chi connectivity index (χ3v) is 2.93. The lowest BCUT2D eigenvalue weighted by Crippen LogP contribution is -1.97. The molecule has 0 heterocycles. The van der Waals surface area contributed by atoms with E-state index in [9.17, 15) is 0 Å². The van der Waals surface area contributed by atoms with Crippen LogP contribution in [0.3, 0.4) is 0 Å². The van der Waals surface area contributed by atoms with Gasteiger partial charge in [0.2, 0.25) is 0 Å². The minimum Gasteiger partial charge on any atom is -0.393 e. The average molecular weight is 405 g/mol. The highest BCUT2D eigenvalue weighted by molar-refractivity contribution is 7.45. The molecule has 26 heavy (non-hydrogen) atoms. The van der Waals surface area contributed by atoms with E-state index in [0.717, 1.165) is 38.5 Å². The highest BCUT2D eigenvalue weighted by Crippen LogP contribution is 2.25. The molecule has 0 saturated heterocycles. The maximum absolute atomic E-state index is 8.88. The van der Waals surface area contributed by atoms with Crippen LogP contribution in [0, 0.1) is 0 Å². The van der Waals surface area contributed by atoms with Crippen molar-refractivity contribution < 1.29 is 34.6 Å². The molecule has 3 atom stereocenters. The van der Waals surface area contributed by atoms with Crippen molar-refractivity contribution in [3.63, 3.8) is 0 Å². The van der Waals surface area contributed by atoms with Gasteiger partial charge in [0.25, 0.3) is 0 Å². The lowest BCUT2D eigenvalue weighted by molar-refractivity contribution is 0.181. The van der Waals surface area contributed by atoms with Gasteiger partial charge in [0.1, 0.15) is 0 Å². The van der Waals surface area contributed by atoms with Crippen molar-refractivity contribution in [2.75, 3.05) is 0 Å². The minimum atomic E-state index is -4.64. The first-order valence-corrected chi connectivity index (χ1v) is 11.2. The Kier molecular flexibility index (Phi) is 32.3. The van der Waals surface area contributed by atoms with Crippen molar-refractivity contribution in [1.29, 1.82) is 0 Å². The first-order chi connectivity index (χ1) is 11.8. The standard InChI is InChI=1S/3C6H14O.H3O4P/c3*1-3-4-5-6(2)7;1-5(2,3)4/h3*6-7H,3-5H2,1-2H3;(H3,1,2,3,4). The zero-order valence-electron chi connectivity index (χ0n) is 17.6. The molecule has 6 N–H and O–H groups in total. The maximum Gasteiger partial charge on any atom is 0.466 e. The fourth-order valence-corrected chi connectivity index (χ4v) is 1.50. The summed E-state index contributed by atoms with van der Waals surface area (Å²) in [5.41, 5.74) is 0. The van der Waals surface area contributed by atoms with Crippen LogP contribution in [-0.4, -0.2) is 48.3 Å². The summed E-state index contributed by atoms with van der Waals surface area (Å²) in [4.78, 5) is 21.6. The Bertz CT molecular complexity index is 242. The predicted octanol–water partition coefficient (Wildman–Crippen LogP) is 3.74. The summed E-state index contributed by atoms with van der Waals surface area (Å²) in [6, 6.07) is 0. The summed E-state index contributed by atoms with van der Waals surface area (Å²) in [6.07, 6.45) is 9.58. The Morgan fingerprint density at radius 2 is 0.769 bits per heavy atom. The van der Waals surface area contributed by atoms with Crippen LogP contribution < -0.4 is 0 Å². The highest BCUT2D eigenvalue weighted by Gasteiger charge is 2.00. The molecule has 8 heteroatoms. The van der Waals surface area contributed by atoms with E-state index in [1.807, 2.05) is 20.8 Å². The number of rotatable bonds is 9. The van der Waals surface area contributed by atoms with Crippen LogP contribution in [0.2, 0.25) is 0 Å². The molecule has 0 aliphatic carbocycles. The van der Waals surface area contributed by atoms with E-state index in [0.29, 0.717) is 0 Å². The second kappa shape index (κ2) is 25.0. The van der Waals surface area contributed by atoms with Crippen molar-refractivity contribution in [2.45, 2.75) is 118 Å². The number of phosphoric acid groups is 1. The van der Waals surface area contributed by atoms with Gasteiger partial charge >= 0.3 is 7.82 Å². The summed E-state index contributed by atoms with van der Waals surface area (Å²) in [5, 5.41) is 26.1. The lowest BCUT2D eigenvalue weighted by Gasteiger charge is -1.98. The molecule has 0 radical (unpaired) electrons. The minimum absolute atomic E-state index is 0.0973. The number of unbranched alkanes of at least 4 members (excludes halogenated alkanes) is 3. The molecular formula is C18H45O7P. The summed E-state index contributed by atoms with van der Waals surface area (Å²) in [5.74, 6) is 0. The van der Waals surface area contributed by atoms with Gasteiger partial charge in [-0.3, -0.25) is 0 Å². The maximum atomic E-state index is 8.88. The number of aliphatic hydroxyl groups is 3. The van der Waals surface area contributed by atoms with Crippen LogP contribution >= 0.6 is 7.82 Å². The third kappa shape index (κ3) is 88.2. The molecule has 0 fully saturated rings. The summed E-state index contributed by atoms with van der Waals surface area (Å²) >= 11 is 0. The molecule has 0 amide bonds. The quantitative estimate of drug-likeness (QED) is 0.322. The summed E-state index contributed by atoms with van der Waals surface area (Å²) < 4.78 is 8.88. The lowest BCUT2D eigenvalue weighted by atomic mass is 10.2. The Balaban J connectivity index is -0.000000125. The van der Waals surface area contributed by atoms with Gasteiger partial charge in [0.15, 0.2) is 0 Å². The second-order valence-corrected chi connectivity index (χ2v) is 7.51. The Morgan fingerprint density at radius 1 is 0.615 bits per heavy atom. The average Bonchev–Trinajstić information content (AvgIpc) is 2.48. The molecule has 0 aromatic rings. The van der Waals surface area contributed by atoms with Crippen molar-refractivity contribution in [3.8, 4) is 0 Å². The van der Waals surface area contributed by atoms with E-state index in [4.69, 9.17) is 34.6 Å². The van der Waals surface area contributed by atoms with Crippen LogP contribution in [0.4, 0.5) is 0 Å². The van der Waals surface area contributed by atoms with Crippen molar-refractivity contribution >= 4 is 7.82 Å². The molecule has 0 aromatic carbocycles. The van der Waals surface area contributed by atoms with E-state index < -0.39 is 7.82 Å². The number of hydrogen-bond acceptors (Lipinski definition) is 4. The van der Waals surface area contributed by atoms with E-state index in [-0.39, 0.29) is 18.3 Å². The van der Waals surface area contributed by atoms with Crippen LogP contribution in [0.25, 0.3) is 0 Å². The second-order valence-electron chi connectivity index (χ2n) is 6.49. The molecule has 0 bridgehead atoms. The molecule has 0 aromatic heterocycles. The Morgan fingerprint density at radius 3 is 0.808 bits per heavy atom. The molecule has 0 aliphatic rings. The zero-order chi connectivity index (χ0) is 21.6. The van der Waals surface area contributed by atoms with E-state index in [1.165, 1.54) is 19.3 Å². The smallest absolute Gasteiger partial charge is 0.393 e. The fraction of sp³-hybridized carbons (Fsp3) is 1.00. The van der Waals surface area contributed by atoms with Crippen LogP contribution in [0.1, 0.15) is 99.3 Å². The largest absolute Gasteiger partial charge is 0.466 e. The van der Waals surface area contributed by atoms with Gasteiger partial charge in [-0.05, 0) is 40.0 Å². The summed E-state index contributed by atoms with van der Waals surface area (Å²) in [7, 11) is -4.64. The monoisotopic (exact) mass is 404 g/mol. The van der Waals surface area contributed by atoms with Gasteiger partial charge in [-0.1, -0.05) is 59.3 Å². The van der Waals surface area contributed by atoms with Gasteiger partial charge in [0, 0.05) is 0 Å². The fourth-order valence-electron chi connectivity index (χ4n) is 1.50. The Labute approximate surface area is 160 Å². The molecule has 0 aliphatic heterocycles. The first-order valence-electron chi connectivity index (χ1n) is 9.64.